The summed E-state index contributed by atoms with van der Waals surface area (Å²) in [4.78, 5) is 24.7. The number of anilines is 2. The van der Waals surface area contributed by atoms with Crippen LogP contribution in [0.25, 0.3) is 0 Å². The number of carbonyl (C=O) groups is 2. The molecule has 0 spiro atoms. The monoisotopic (exact) mass is 420 g/mol. The first-order valence-corrected chi connectivity index (χ1v) is 10.7. The van der Waals surface area contributed by atoms with Crippen molar-refractivity contribution >= 4 is 35.0 Å². The van der Waals surface area contributed by atoms with Crippen molar-refractivity contribution in [3.8, 4) is 5.75 Å². The second kappa shape index (κ2) is 10.5. The second-order valence-electron chi connectivity index (χ2n) is 6.70. The van der Waals surface area contributed by atoms with Crippen LogP contribution in [0.2, 0.25) is 0 Å². The molecular formula is C24H24N2O3S. The highest BCUT2D eigenvalue weighted by Crippen LogP contribution is 2.24. The lowest BCUT2D eigenvalue weighted by atomic mass is 10.1. The number of para-hydroxylation sites is 2. The van der Waals surface area contributed by atoms with Crippen molar-refractivity contribution in [3.63, 3.8) is 0 Å². The van der Waals surface area contributed by atoms with E-state index in [1.807, 2.05) is 24.3 Å². The van der Waals surface area contributed by atoms with E-state index in [-0.39, 0.29) is 11.8 Å². The fraction of sp³-hybridized carbons (Fsp3) is 0.167. The van der Waals surface area contributed by atoms with Gasteiger partial charge in [-0.25, -0.2) is 0 Å². The Morgan fingerprint density at radius 1 is 0.900 bits per heavy atom. The van der Waals surface area contributed by atoms with Crippen LogP contribution in [0.1, 0.15) is 21.5 Å². The molecule has 30 heavy (non-hydrogen) atoms. The van der Waals surface area contributed by atoms with Gasteiger partial charge in [0, 0.05) is 17.0 Å². The van der Waals surface area contributed by atoms with Gasteiger partial charge in [-0.1, -0.05) is 36.4 Å². The van der Waals surface area contributed by atoms with E-state index >= 15 is 0 Å². The Morgan fingerprint density at radius 3 is 2.33 bits per heavy atom. The van der Waals surface area contributed by atoms with Crippen LogP contribution in [-0.4, -0.2) is 24.7 Å². The molecule has 0 aliphatic rings. The van der Waals surface area contributed by atoms with Crippen LogP contribution in [0, 0.1) is 6.92 Å². The fourth-order valence-electron chi connectivity index (χ4n) is 2.87. The molecule has 0 radical (unpaired) electrons. The first-order chi connectivity index (χ1) is 14.6. The lowest BCUT2D eigenvalue weighted by Gasteiger charge is -2.10. The zero-order valence-corrected chi connectivity index (χ0v) is 17.8. The number of methoxy groups -OCH3 is 1. The molecule has 0 aromatic heterocycles. The molecular weight excluding hydrogens is 396 g/mol. The highest BCUT2D eigenvalue weighted by atomic mass is 32.2. The number of ether oxygens (including phenoxy) is 1. The topological polar surface area (TPSA) is 67.4 Å². The molecule has 0 heterocycles. The molecule has 0 aliphatic carbocycles. The van der Waals surface area contributed by atoms with Gasteiger partial charge in [0.2, 0.25) is 5.91 Å². The van der Waals surface area contributed by atoms with Crippen LogP contribution >= 0.6 is 11.8 Å². The summed E-state index contributed by atoms with van der Waals surface area (Å²) in [5, 5.41) is 5.70. The van der Waals surface area contributed by atoms with Crippen molar-refractivity contribution in [2.45, 2.75) is 12.7 Å². The minimum atomic E-state index is -0.244. The first kappa shape index (κ1) is 21.5. The van der Waals surface area contributed by atoms with Crippen LogP contribution in [0.3, 0.4) is 0 Å². The van der Waals surface area contributed by atoms with Gasteiger partial charge in [0.25, 0.3) is 5.91 Å². The van der Waals surface area contributed by atoms with Crippen LogP contribution < -0.4 is 15.4 Å². The van der Waals surface area contributed by atoms with E-state index in [4.69, 9.17) is 4.74 Å². The first-order valence-electron chi connectivity index (χ1n) is 9.53. The molecule has 0 atom stereocenters. The molecule has 0 saturated heterocycles. The zero-order valence-electron chi connectivity index (χ0n) is 17.0. The maximum absolute atomic E-state index is 12.5. The Bertz CT molecular complexity index is 1020. The molecule has 0 saturated carbocycles. The third kappa shape index (κ3) is 5.87. The van der Waals surface area contributed by atoms with Gasteiger partial charge in [0.05, 0.1) is 18.6 Å². The molecule has 3 aromatic carbocycles. The van der Waals surface area contributed by atoms with Gasteiger partial charge in [-0.2, -0.15) is 0 Å². The summed E-state index contributed by atoms with van der Waals surface area (Å²) in [6.07, 6.45) is 0. The van der Waals surface area contributed by atoms with Crippen LogP contribution in [0.4, 0.5) is 11.4 Å². The number of hydrogen-bond acceptors (Lipinski definition) is 4. The molecule has 3 aromatic rings. The number of hydrogen-bond donors (Lipinski definition) is 2. The summed E-state index contributed by atoms with van der Waals surface area (Å²) in [5.41, 5.74) is 4.22. The van der Waals surface area contributed by atoms with E-state index in [9.17, 15) is 9.59 Å². The molecule has 154 valence electrons. The standard InChI is InChI=1S/C24H24N2O3S/c1-17-7-3-4-8-19(17)15-30-16-23(27)25-20-13-11-18(12-14-20)24(28)26-21-9-5-6-10-22(21)29-2/h3-14H,15-16H2,1-2H3,(H,25,27)(H,26,28). The number of aryl methyl sites for hydroxylation is 1. The quantitative estimate of drug-likeness (QED) is 0.530. The van der Waals surface area contributed by atoms with Gasteiger partial charge in [0.1, 0.15) is 5.75 Å². The molecule has 0 unspecified atom stereocenters. The molecule has 2 amide bonds. The molecule has 0 fully saturated rings. The lowest BCUT2D eigenvalue weighted by molar-refractivity contribution is -0.113. The van der Waals surface area contributed by atoms with Crippen molar-refractivity contribution in [3.05, 3.63) is 89.5 Å². The molecule has 0 aliphatic heterocycles. The molecule has 0 bridgehead atoms. The van der Waals surface area contributed by atoms with Gasteiger partial charge in [-0.15, -0.1) is 11.8 Å². The summed E-state index contributed by atoms with van der Waals surface area (Å²) in [6, 6.07) is 22.2. The Kier molecular flexibility index (Phi) is 7.51. The highest BCUT2D eigenvalue weighted by Gasteiger charge is 2.10. The summed E-state index contributed by atoms with van der Waals surface area (Å²) in [7, 11) is 1.56. The van der Waals surface area contributed by atoms with Crippen LogP contribution in [-0.2, 0) is 10.5 Å². The average molecular weight is 421 g/mol. The number of amides is 2. The molecule has 3 rings (SSSR count). The van der Waals surface area contributed by atoms with E-state index in [0.717, 1.165) is 5.75 Å². The van der Waals surface area contributed by atoms with Gasteiger partial charge in [-0.3, -0.25) is 9.59 Å². The van der Waals surface area contributed by atoms with Crippen molar-refractivity contribution in [2.24, 2.45) is 0 Å². The predicted octanol–water partition coefficient (Wildman–Crippen LogP) is 5.13. The van der Waals surface area contributed by atoms with Gasteiger partial charge in [0.15, 0.2) is 0 Å². The van der Waals surface area contributed by atoms with Gasteiger partial charge < -0.3 is 15.4 Å². The van der Waals surface area contributed by atoms with Gasteiger partial charge >= 0.3 is 0 Å². The number of nitrogens with one attached hydrogen (secondary N) is 2. The SMILES string of the molecule is COc1ccccc1NC(=O)c1ccc(NC(=O)CSCc2ccccc2C)cc1. The lowest BCUT2D eigenvalue weighted by Crippen LogP contribution is -2.15. The van der Waals surface area contributed by atoms with Crippen molar-refractivity contribution in [1.29, 1.82) is 0 Å². The third-order valence-corrected chi connectivity index (χ3v) is 5.52. The van der Waals surface area contributed by atoms with E-state index < -0.39 is 0 Å². The maximum Gasteiger partial charge on any atom is 0.255 e. The van der Waals surface area contributed by atoms with Crippen LogP contribution in [0.15, 0.2) is 72.8 Å². The number of thioether (sulfide) groups is 1. The molecule has 2 N–H and O–H groups in total. The molecule has 6 heteroatoms. The number of carbonyl (C=O) groups excluding carboxylic acids is 2. The van der Waals surface area contributed by atoms with Crippen molar-refractivity contribution in [1.82, 2.24) is 0 Å². The Labute approximate surface area is 180 Å². The normalized spacial score (nSPS) is 10.3. The summed E-state index contributed by atoms with van der Waals surface area (Å²) >= 11 is 1.57. The second-order valence-corrected chi connectivity index (χ2v) is 7.68. The predicted molar refractivity (Wildman–Crippen MR) is 123 cm³/mol. The van der Waals surface area contributed by atoms with E-state index in [0.29, 0.717) is 28.4 Å². The third-order valence-electron chi connectivity index (χ3n) is 4.54. The minimum Gasteiger partial charge on any atom is -0.495 e. The summed E-state index contributed by atoms with van der Waals surface area (Å²) < 4.78 is 5.25. The molecule has 5 nitrogen and oxygen atoms in total. The van der Waals surface area contributed by atoms with E-state index in [1.165, 1.54) is 11.1 Å². The number of rotatable bonds is 8. The minimum absolute atomic E-state index is 0.0696. The van der Waals surface area contributed by atoms with Crippen molar-refractivity contribution in [2.75, 3.05) is 23.5 Å². The summed E-state index contributed by atoms with van der Waals surface area (Å²) in [6.45, 7) is 2.07. The van der Waals surface area contributed by atoms with E-state index in [1.54, 1.807) is 55.3 Å². The fourth-order valence-corrected chi connectivity index (χ4v) is 3.77. The maximum atomic E-state index is 12.5. The van der Waals surface area contributed by atoms with Crippen LogP contribution in [0.5, 0.6) is 5.75 Å². The van der Waals surface area contributed by atoms with E-state index in [2.05, 4.69) is 29.7 Å². The number of benzene rings is 3. The smallest absolute Gasteiger partial charge is 0.255 e. The Morgan fingerprint density at radius 2 is 1.60 bits per heavy atom. The summed E-state index contributed by atoms with van der Waals surface area (Å²) in [5.74, 6) is 1.44. The largest absolute Gasteiger partial charge is 0.495 e. The average Bonchev–Trinajstić information content (AvgIpc) is 2.76. The Hall–Kier alpha value is -3.25. The Balaban J connectivity index is 1.50. The van der Waals surface area contributed by atoms with Gasteiger partial charge in [-0.05, 0) is 54.4 Å². The van der Waals surface area contributed by atoms with Crippen molar-refractivity contribution < 1.29 is 14.3 Å². The zero-order chi connectivity index (χ0) is 21.3. The highest BCUT2D eigenvalue weighted by molar-refractivity contribution is 7.99.